The van der Waals surface area contributed by atoms with Crippen LogP contribution in [0.2, 0.25) is 0 Å². The van der Waals surface area contributed by atoms with Crippen LogP contribution in [0.3, 0.4) is 0 Å². The van der Waals surface area contributed by atoms with Crippen LogP contribution in [0.15, 0.2) is 0 Å². The molecule has 0 radical (unpaired) electrons. The smallest absolute Gasteiger partial charge is 0.229 e. The summed E-state index contributed by atoms with van der Waals surface area (Å²) in [5.74, 6) is -0.659. The first-order valence-corrected chi connectivity index (χ1v) is 12.8. The van der Waals surface area contributed by atoms with Crippen molar-refractivity contribution in [3.05, 3.63) is 0 Å². The number of hydrogen-bond acceptors (Lipinski definition) is 9. The molecule has 6 atom stereocenters. The van der Waals surface area contributed by atoms with E-state index in [9.17, 15) is 17.6 Å². The fraction of sp³-hybridized carbons (Fsp3) is 0.944. The molecule has 4 aliphatic heterocycles. The summed E-state index contributed by atoms with van der Waals surface area (Å²) in [7, 11) is -3.01. The van der Waals surface area contributed by atoms with Gasteiger partial charge in [-0.2, -0.15) is 0 Å². The number of amides is 1. The highest BCUT2D eigenvalue weighted by Crippen LogP contribution is 2.25. The monoisotopic (exact) mass is 447 g/mol. The molecule has 6 N–H and O–H groups in total. The Balaban J connectivity index is 1.38. The predicted molar refractivity (Wildman–Crippen MR) is 111 cm³/mol. The second-order valence-corrected chi connectivity index (χ2v) is 11.3. The molecule has 10 nitrogen and oxygen atoms in total. The molecule has 0 aromatic rings. The average molecular weight is 448 g/mol. The Morgan fingerprint density at radius 2 is 1.93 bits per heavy atom. The van der Waals surface area contributed by atoms with Crippen molar-refractivity contribution >= 4 is 15.7 Å². The Morgan fingerprint density at radius 3 is 2.63 bits per heavy atom. The Hall–Kier alpha value is -0.890. The summed E-state index contributed by atoms with van der Waals surface area (Å²) in [5.41, 5.74) is 9.18. The second kappa shape index (κ2) is 8.93. The number of hydrogen-bond donors (Lipinski definition) is 5. The number of nitrogens with two attached hydrogens (primary N) is 1. The van der Waals surface area contributed by atoms with Crippen molar-refractivity contribution in [2.24, 2.45) is 11.7 Å². The number of likely N-dealkylation sites (tertiary alicyclic amines) is 1. The normalized spacial score (nSPS) is 39.6. The number of nitrogens with one attached hydrogen (secondary N) is 4. The number of hydrazine groups is 1. The number of sulfone groups is 1. The van der Waals surface area contributed by atoms with E-state index in [0.717, 1.165) is 26.1 Å². The van der Waals surface area contributed by atoms with Crippen LogP contribution in [0.4, 0.5) is 4.39 Å². The van der Waals surface area contributed by atoms with Crippen molar-refractivity contribution < 1.29 is 17.6 Å². The first-order chi connectivity index (χ1) is 14.2. The van der Waals surface area contributed by atoms with Gasteiger partial charge in [-0.15, -0.1) is 0 Å². The number of carbonyl (C=O) groups is 1. The molecule has 4 aliphatic rings. The molecule has 12 heteroatoms. The third kappa shape index (κ3) is 4.64. The highest BCUT2D eigenvalue weighted by atomic mass is 32.2. The third-order valence-electron chi connectivity index (χ3n) is 6.95. The lowest BCUT2D eigenvalue weighted by Gasteiger charge is -2.44. The number of alkyl halides is 1. The Morgan fingerprint density at radius 1 is 1.20 bits per heavy atom. The van der Waals surface area contributed by atoms with Crippen LogP contribution < -0.4 is 27.1 Å². The molecule has 30 heavy (non-hydrogen) atoms. The van der Waals surface area contributed by atoms with E-state index in [1.165, 1.54) is 6.26 Å². The number of carbonyl (C=O) groups excluding carboxylic acids is 1. The molecule has 4 saturated heterocycles. The summed E-state index contributed by atoms with van der Waals surface area (Å²) >= 11 is 0. The maximum Gasteiger partial charge on any atom is 0.229 e. The van der Waals surface area contributed by atoms with Gasteiger partial charge in [0.2, 0.25) is 5.91 Å². The third-order valence-corrected chi connectivity index (χ3v) is 8.63. The SMILES string of the molecule is CS(=O)(=O)C1CCN(C2CCNCC2NC(=O)C2C(N)NN3CC(F)CNC23)CC1. The van der Waals surface area contributed by atoms with Crippen LogP contribution in [0.1, 0.15) is 19.3 Å². The maximum atomic E-state index is 13.7. The number of piperidine rings is 2. The van der Waals surface area contributed by atoms with Crippen LogP contribution in [0.25, 0.3) is 0 Å². The summed E-state index contributed by atoms with van der Waals surface area (Å²) < 4.78 is 37.4. The minimum absolute atomic E-state index is 0.0835. The molecule has 4 fully saturated rings. The van der Waals surface area contributed by atoms with Gasteiger partial charge in [0.05, 0.1) is 29.5 Å². The van der Waals surface area contributed by atoms with E-state index < -0.39 is 28.1 Å². The lowest BCUT2D eigenvalue weighted by Crippen LogP contribution is -2.64. The Kier molecular flexibility index (Phi) is 6.64. The fourth-order valence-electron chi connectivity index (χ4n) is 5.32. The number of halogens is 1. The lowest BCUT2D eigenvalue weighted by atomic mass is 9.94. The topological polar surface area (TPSA) is 132 Å². The van der Waals surface area contributed by atoms with Crippen LogP contribution in [0.5, 0.6) is 0 Å². The molecule has 1 amide bonds. The van der Waals surface area contributed by atoms with Crippen molar-refractivity contribution in [2.45, 2.75) is 55.1 Å². The highest BCUT2D eigenvalue weighted by molar-refractivity contribution is 7.91. The van der Waals surface area contributed by atoms with Gasteiger partial charge in [-0.1, -0.05) is 0 Å². The molecule has 0 aromatic heterocycles. The Bertz CT molecular complexity index is 733. The molecule has 0 bridgehead atoms. The first kappa shape index (κ1) is 22.3. The number of rotatable bonds is 4. The second-order valence-electron chi connectivity index (χ2n) is 9.02. The van der Waals surface area contributed by atoms with Gasteiger partial charge in [0.15, 0.2) is 0 Å². The molecule has 0 spiro atoms. The standard InChI is InChI=1S/C18H34FN7O3S/c1-30(28,29)12-3-6-25(7-4-12)14-2-5-21-9-13(14)23-18(27)15-16(20)24-26-10-11(19)8-22-17(15)26/h11-17,21-22,24H,2-10,20H2,1H3,(H,23,27). The zero-order valence-electron chi connectivity index (χ0n) is 17.4. The zero-order chi connectivity index (χ0) is 21.5. The summed E-state index contributed by atoms with van der Waals surface area (Å²) in [6.45, 7) is 3.38. The number of nitrogens with zero attached hydrogens (tertiary/aromatic N) is 2. The molecule has 0 aromatic carbocycles. The van der Waals surface area contributed by atoms with E-state index in [2.05, 4.69) is 26.3 Å². The van der Waals surface area contributed by atoms with Gasteiger partial charge >= 0.3 is 0 Å². The maximum absolute atomic E-state index is 13.7. The van der Waals surface area contributed by atoms with Crippen molar-refractivity contribution in [1.82, 2.24) is 31.3 Å². The summed E-state index contributed by atoms with van der Waals surface area (Å²) in [6.07, 6.45) is 1.57. The van der Waals surface area contributed by atoms with Crippen molar-refractivity contribution in [3.8, 4) is 0 Å². The van der Waals surface area contributed by atoms with Crippen molar-refractivity contribution in [3.63, 3.8) is 0 Å². The van der Waals surface area contributed by atoms with Gasteiger partial charge in [-0.05, 0) is 38.9 Å². The average Bonchev–Trinajstić information content (AvgIpc) is 3.02. The van der Waals surface area contributed by atoms with E-state index in [-0.39, 0.29) is 42.5 Å². The van der Waals surface area contributed by atoms with E-state index in [4.69, 9.17) is 5.73 Å². The fourth-order valence-corrected chi connectivity index (χ4v) is 6.39. The zero-order valence-corrected chi connectivity index (χ0v) is 18.2. The summed E-state index contributed by atoms with van der Waals surface area (Å²) in [6, 6.07) is 0.0757. The predicted octanol–water partition coefficient (Wildman–Crippen LogP) is -2.67. The van der Waals surface area contributed by atoms with Crippen LogP contribution in [-0.4, -0.2) is 106 Å². The lowest BCUT2D eigenvalue weighted by molar-refractivity contribution is -0.128. The molecule has 4 rings (SSSR count). The van der Waals surface area contributed by atoms with Crippen molar-refractivity contribution in [2.75, 3.05) is 45.5 Å². The minimum atomic E-state index is -3.01. The Labute approximate surface area is 177 Å². The molecule has 6 unspecified atom stereocenters. The molecule has 0 saturated carbocycles. The van der Waals surface area contributed by atoms with E-state index in [1.54, 1.807) is 5.01 Å². The van der Waals surface area contributed by atoms with Gasteiger partial charge in [0.1, 0.15) is 16.0 Å². The van der Waals surface area contributed by atoms with Crippen LogP contribution >= 0.6 is 0 Å². The molecular formula is C18H34FN7O3S. The van der Waals surface area contributed by atoms with Gasteiger partial charge < -0.3 is 16.4 Å². The summed E-state index contributed by atoms with van der Waals surface area (Å²) in [5, 5.41) is 11.0. The first-order valence-electron chi connectivity index (χ1n) is 10.8. The molecule has 0 aliphatic carbocycles. The molecule has 4 heterocycles. The van der Waals surface area contributed by atoms with E-state index in [1.807, 2.05) is 0 Å². The van der Waals surface area contributed by atoms with Gasteiger partial charge in [0.25, 0.3) is 0 Å². The summed E-state index contributed by atoms with van der Waals surface area (Å²) in [4.78, 5) is 15.5. The van der Waals surface area contributed by atoms with Gasteiger partial charge in [0, 0.05) is 31.9 Å². The largest absolute Gasteiger partial charge is 0.350 e. The minimum Gasteiger partial charge on any atom is -0.350 e. The van der Waals surface area contributed by atoms with Gasteiger partial charge in [-0.3, -0.25) is 15.0 Å². The van der Waals surface area contributed by atoms with Crippen molar-refractivity contribution in [1.29, 1.82) is 0 Å². The quantitative estimate of drug-likeness (QED) is 0.313. The highest BCUT2D eigenvalue weighted by Gasteiger charge is 2.48. The molecule has 172 valence electrons. The van der Waals surface area contributed by atoms with Crippen LogP contribution in [0, 0.1) is 5.92 Å². The van der Waals surface area contributed by atoms with Crippen LogP contribution in [-0.2, 0) is 14.6 Å². The van der Waals surface area contributed by atoms with Gasteiger partial charge in [-0.25, -0.2) is 23.2 Å². The van der Waals surface area contributed by atoms with E-state index in [0.29, 0.717) is 19.4 Å². The number of fused-ring (bicyclic) bond motifs is 1. The molecular weight excluding hydrogens is 413 g/mol. The van der Waals surface area contributed by atoms with E-state index >= 15 is 0 Å².